The van der Waals surface area contributed by atoms with Gasteiger partial charge in [-0.2, -0.15) is 0 Å². The Labute approximate surface area is 144 Å². The van der Waals surface area contributed by atoms with Gasteiger partial charge < -0.3 is 15.0 Å². The molecule has 132 valence electrons. The number of carbonyl (C=O) groups is 1. The van der Waals surface area contributed by atoms with Crippen molar-refractivity contribution in [1.29, 1.82) is 0 Å². The standard InChI is InChI=1S/C18H28N4O2/c1-15-13-19-6-4-16(15)5-7-20-18(23)22-8-2-3-17(22)14-21-9-11-24-12-10-21/h4,6,13,17H,2-3,5,7-12,14H2,1H3,(H,20,23). The van der Waals surface area contributed by atoms with E-state index in [1.54, 1.807) is 0 Å². The molecule has 1 aromatic rings. The zero-order valence-corrected chi connectivity index (χ0v) is 14.5. The van der Waals surface area contributed by atoms with Crippen LogP contribution in [0.3, 0.4) is 0 Å². The Morgan fingerprint density at radius 2 is 2.21 bits per heavy atom. The minimum absolute atomic E-state index is 0.0810. The number of aryl methyl sites for hydroxylation is 1. The lowest BCUT2D eigenvalue weighted by Crippen LogP contribution is -2.49. The van der Waals surface area contributed by atoms with Gasteiger partial charge in [-0.15, -0.1) is 0 Å². The van der Waals surface area contributed by atoms with Gasteiger partial charge in [0, 0.05) is 51.2 Å². The molecule has 2 amide bonds. The highest BCUT2D eigenvalue weighted by Crippen LogP contribution is 2.19. The molecule has 1 N–H and O–H groups in total. The first-order valence-corrected chi connectivity index (χ1v) is 8.98. The molecule has 2 saturated heterocycles. The molecule has 3 rings (SSSR count). The van der Waals surface area contributed by atoms with Crippen molar-refractivity contribution in [3.05, 3.63) is 29.6 Å². The number of carbonyl (C=O) groups excluding carboxylic acids is 1. The molecule has 1 atom stereocenters. The number of amides is 2. The van der Waals surface area contributed by atoms with Crippen LogP contribution in [0.15, 0.2) is 18.5 Å². The number of pyridine rings is 1. The summed E-state index contributed by atoms with van der Waals surface area (Å²) in [5, 5.41) is 3.09. The number of morpholine rings is 1. The zero-order valence-electron chi connectivity index (χ0n) is 14.5. The molecule has 0 saturated carbocycles. The number of ether oxygens (including phenoxy) is 1. The number of urea groups is 1. The van der Waals surface area contributed by atoms with Crippen LogP contribution < -0.4 is 5.32 Å². The first kappa shape index (κ1) is 17.2. The van der Waals surface area contributed by atoms with E-state index in [1.165, 1.54) is 11.1 Å². The normalized spacial score (nSPS) is 21.9. The summed E-state index contributed by atoms with van der Waals surface area (Å²) in [5.74, 6) is 0. The molecule has 1 aromatic heterocycles. The number of aromatic nitrogens is 1. The molecular formula is C18H28N4O2. The van der Waals surface area contributed by atoms with Crippen molar-refractivity contribution in [3.63, 3.8) is 0 Å². The van der Waals surface area contributed by atoms with Gasteiger partial charge in [0.25, 0.3) is 0 Å². The highest BCUT2D eigenvalue weighted by Gasteiger charge is 2.30. The smallest absolute Gasteiger partial charge is 0.317 e. The molecule has 0 aliphatic carbocycles. The van der Waals surface area contributed by atoms with Crippen LogP contribution in [-0.4, -0.2) is 72.8 Å². The third kappa shape index (κ3) is 4.45. The first-order chi connectivity index (χ1) is 11.7. The zero-order chi connectivity index (χ0) is 16.8. The Morgan fingerprint density at radius 1 is 1.38 bits per heavy atom. The van der Waals surface area contributed by atoms with Gasteiger partial charge in [0.15, 0.2) is 0 Å². The molecule has 2 fully saturated rings. The van der Waals surface area contributed by atoms with Gasteiger partial charge in [-0.3, -0.25) is 9.88 Å². The summed E-state index contributed by atoms with van der Waals surface area (Å²) < 4.78 is 5.40. The summed E-state index contributed by atoms with van der Waals surface area (Å²) in [6.07, 6.45) is 6.74. The monoisotopic (exact) mass is 332 g/mol. The van der Waals surface area contributed by atoms with Gasteiger partial charge in [0.2, 0.25) is 0 Å². The third-order valence-corrected chi connectivity index (χ3v) is 5.02. The van der Waals surface area contributed by atoms with Gasteiger partial charge in [-0.05, 0) is 43.4 Å². The number of likely N-dealkylation sites (tertiary alicyclic amines) is 1. The van der Waals surface area contributed by atoms with Gasteiger partial charge in [-0.25, -0.2) is 4.79 Å². The predicted octanol–water partition coefficient (Wildman–Crippen LogP) is 1.44. The molecule has 1 unspecified atom stereocenters. The Kier molecular flexibility index (Phi) is 6.04. The summed E-state index contributed by atoms with van der Waals surface area (Å²) in [6.45, 7) is 8.15. The average Bonchev–Trinajstić information content (AvgIpc) is 3.05. The average molecular weight is 332 g/mol. The SMILES string of the molecule is Cc1cnccc1CCNC(=O)N1CCCC1CN1CCOCC1. The Morgan fingerprint density at radius 3 is 3.00 bits per heavy atom. The molecule has 0 spiro atoms. The van der Waals surface area contributed by atoms with Crippen molar-refractivity contribution in [2.45, 2.75) is 32.2 Å². The van der Waals surface area contributed by atoms with Crippen LogP contribution in [0.5, 0.6) is 0 Å². The van der Waals surface area contributed by atoms with Crippen molar-refractivity contribution in [3.8, 4) is 0 Å². The summed E-state index contributed by atoms with van der Waals surface area (Å²) in [7, 11) is 0. The maximum atomic E-state index is 12.5. The summed E-state index contributed by atoms with van der Waals surface area (Å²) in [4.78, 5) is 21.1. The number of rotatable bonds is 5. The molecule has 2 aliphatic heterocycles. The highest BCUT2D eigenvalue weighted by atomic mass is 16.5. The van der Waals surface area contributed by atoms with E-state index < -0.39 is 0 Å². The van der Waals surface area contributed by atoms with E-state index in [0.29, 0.717) is 12.6 Å². The lowest BCUT2D eigenvalue weighted by molar-refractivity contribution is 0.0292. The van der Waals surface area contributed by atoms with Gasteiger partial charge in [0.05, 0.1) is 13.2 Å². The fourth-order valence-corrected chi connectivity index (χ4v) is 3.56. The molecule has 0 radical (unpaired) electrons. The number of nitrogens with zero attached hydrogens (tertiary/aromatic N) is 3. The highest BCUT2D eigenvalue weighted by molar-refractivity contribution is 5.74. The molecule has 6 nitrogen and oxygen atoms in total. The van der Waals surface area contributed by atoms with E-state index in [1.807, 2.05) is 23.4 Å². The van der Waals surface area contributed by atoms with Crippen LogP contribution in [0.2, 0.25) is 0 Å². The largest absolute Gasteiger partial charge is 0.379 e. The minimum Gasteiger partial charge on any atom is -0.379 e. The Bertz CT molecular complexity index is 546. The van der Waals surface area contributed by atoms with E-state index in [9.17, 15) is 4.79 Å². The van der Waals surface area contributed by atoms with Crippen LogP contribution in [-0.2, 0) is 11.2 Å². The molecule has 24 heavy (non-hydrogen) atoms. The minimum atomic E-state index is 0.0810. The second-order valence-corrected chi connectivity index (χ2v) is 6.69. The van der Waals surface area contributed by atoms with Crippen LogP contribution in [0.4, 0.5) is 4.79 Å². The molecular weight excluding hydrogens is 304 g/mol. The van der Waals surface area contributed by atoms with E-state index in [-0.39, 0.29) is 6.03 Å². The molecule has 0 aromatic carbocycles. The summed E-state index contributed by atoms with van der Waals surface area (Å²) in [5.41, 5.74) is 2.43. The number of nitrogens with one attached hydrogen (secondary N) is 1. The first-order valence-electron chi connectivity index (χ1n) is 8.98. The van der Waals surface area contributed by atoms with Crippen molar-refractivity contribution in [1.82, 2.24) is 20.1 Å². The summed E-state index contributed by atoms with van der Waals surface area (Å²) >= 11 is 0. The van der Waals surface area contributed by atoms with Gasteiger partial charge >= 0.3 is 6.03 Å². The third-order valence-electron chi connectivity index (χ3n) is 5.02. The van der Waals surface area contributed by atoms with E-state index in [2.05, 4.69) is 22.1 Å². The summed E-state index contributed by atoms with van der Waals surface area (Å²) in [6, 6.07) is 2.45. The van der Waals surface area contributed by atoms with Gasteiger partial charge in [-0.1, -0.05) is 0 Å². The fourth-order valence-electron chi connectivity index (χ4n) is 3.56. The molecule has 2 aliphatic rings. The Hall–Kier alpha value is -1.66. The van der Waals surface area contributed by atoms with Crippen molar-refractivity contribution in [2.24, 2.45) is 0 Å². The van der Waals surface area contributed by atoms with Crippen LogP contribution in [0.1, 0.15) is 24.0 Å². The predicted molar refractivity (Wildman–Crippen MR) is 93.1 cm³/mol. The number of hydrogen-bond acceptors (Lipinski definition) is 4. The maximum Gasteiger partial charge on any atom is 0.317 e. The quantitative estimate of drug-likeness (QED) is 0.886. The second kappa shape index (κ2) is 8.44. The molecule has 6 heteroatoms. The lowest BCUT2D eigenvalue weighted by atomic mass is 10.1. The Balaban J connectivity index is 1.45. The topological polar surface area (TPSA) is 57.7 Å². The van der Waals surface area contributed by atoms with Crippen LogP contribution in [0, 0.1) is 6.92 Å². The lowest BCUT2D eigenvalue weighted by Gasteiger charge is -2.33. The van der Waals surface area contributed by atoms with Gasteiger partial charge in [0.1, 0.15) is 0 Å². The molecule has 3 heterocycles. The molecule has 0 bridgehead atoms. The second-order valence-electron chi connectivity index (χ2n) is 6.69. The number of hydrogen-bond donors (Lipinski definition) is 1. The maximum absolute atomic E-state index is 12.5. The van der Waals surface area contributed by atoms with Crippen molar-refractivity contribution < 1.29 is 9.53 Å². The fraction of sp³-hybridized carbons (Fsp3) is 0.667. The van der Waals surface area contributed by atoms with E-state index in [0.717, 1.165) is 58.7 Å². The van der Waals surface area contributed by atoms with E-state index >= 15 is 0 Å². The van der Waals surface area contributed by atoms with E-state index in [4.69, 9.17) is 4.74 Å². The van der Waals surface area contributed by atoms with Crippen molar-refractivity contribution >= 4 is 6.03 Å². The van der Waals surface area contributed by atoms with Crippen LogP contribution in [0.25, 0.3) is 0 Å². The van der Waals surface area contributed by atoms with Crippen molar-refractivity contribution in [2.75, 3.05) is 45.9 Å². The van der Waals surface area contributed by atoms with Crippen LogP contribution >= 0.6 is 0 Å².